The van der Waals surface area contributed by atoms with Gasteiger partial charge >= 0.3 is 0 Å². The van der Waals surface area contributed by atoms with E-state index in [0.717, 1.165) is 12.3 Å². The van der Waals surface area contributed by atoms with E-state index >= 15 is 0 Å². The maximum atomic E-state index is 12.6. The molecule has 0 aromatic heterocycles. The Labute approximate surface area is 142 Å². The van der Waals surface area contributed by atoms with Crippen molar-refractivity contribution in [1.29, 1.82) is 0 Å². The summed E-state index contributed by atoms with van der Waals surface area (Å²) in [6.45, 7) is 3.17. The van der Waals surface area contributed by atoms with Crippen LogP contribution in [0.25, 0.3) is 0 Å². The van der Waals surface area contributed by atoms with E-state index < -0.39 is 0 Å². The van der Waals surface area contributed by atoms with Crippen LogP contribution >= 0.6 is 0 Å². The van der Waals surface area contributed by atoms with Crippen molar-refractivity contribution in [2.24, 2.45) is 5.92 Å². The minimum Gasteiger partial charge on any atom is -0.497 e. The van der Waals surface area contributed by atoms with Crippen molar-refractivity contribution < 1.29 is 19.1 Å². The Bertz CT molecular complexity index is 573. The molecule has 2 saturated heterocycles. The molecule has 1 aromatic rings. The second-order valence-electron chi connectivity index (χ2n) is 6.26. The highest BCUT2D eigenvalue weighted by Gasteiger charge is 2.32. The van der Waals surface area contributed by atoms with E-state index in [2.05, 4.69) is 5.32 Å². The summed E-state index contributed by atoms with van der Waals surface area (Å²) in [7, 11) is 1.61. The number of carbonyl (C=O) groups excluding carboxylic acids is 2. The molecule has 1 aromatic carbocycles. The molecule has 2 fully saturated rings. The second kappa shape index (κ2) is 7.77. The predicted octanol–water partition coefficient (Wildman–Crippen LogP) is 1.10. The third-order valence-electron chi connectivity index (χ3n) is 4.76. The predicted molar refractivity (Wildman–Crippen MR) is 89.2 cm³/mol. The molecule has 0 radical (unpaired) electrons. The Morgan fingerprint density at radius 2 is 1.92 bits per heavy atom. The summed E-state index contributed by atoms with van der Waals surface area (Å²) >= 11 is 0. The van der Waals surface area contributed by atoms with E-state index in [-0.39, 0.29) is 23.7 Å². The molecule has 1 atom stereocenters. The fraction of sp³-hybridized carbons (Fsp3) is 0.556. The second-order valence-corrected chi connectivity index (χ2v) is 6.26. The van der Waals surface area contributed by atoms with E-state index in [1.165, 1.54) is 0 Å². The standard InChI is InChI=1S/C18H24N2O4/c1-23-15-4-2-13(3-5-15)17(21)14-6-9-20(10-7-14)18(22)16-12-19-8-11-24-16/h2-5,14,16,19H,6-12H2,1H3. The first-order valence-corrected chi connectivity index (χ1v) is 8.48. The lowest BCUT2D eigenvalue weighted by atomic mass is 9.88. The minimum absolute atomic E-state index is 0.0205. The average molecular weight is 332 g/mol. The van der Waals surface area contributed by atoms with Gasteiger partial charge in [0.1, 0.15) is 11.9 Å². The number of benzene rings is 1. The Hall–Kier alpha value is -1.92. The topological polar surface area (TPSA) is 67.9 Å². The number of ketones is 1. The number of rotatable bonds is 4. The molecule has 0 aliphatic carbocycles. The number of methoxy groups -OCH3 is 1. The Morgan fingerprint density at radius 1 is 1.21 bits per heavy atom. The molecule has 0 bridgehead atoms. The summed E-state index contributed by atoms with van der Waals surface area (Å²) in [6, 6.07) is 7.22. The van der Waals surface area contributed by atoms with E-state index in [9.17, 15) is 9.59 Å². The number of morpholine rings is 1. The SMILES string of the molecule is COc1ccc(C(=O)C2CCN(C(=O)C3CNCCO3)CC2)cc1. The molecule has 3 rings (SSSR count). The number of Topliss-reactive ketones (excluding diaryl/α,β-unsaturated/α-hetero) is 1. The van der Waals surface area contributed by atoms with Crippen LogP contribution in [0.3, 0.4) is 0 Å². The van der Waals surface area contributed by atoms with Gasteiger partial charge in [0, 0.05) is 37.7 Å². The normalized spacial score (nSPS) is 22.2. The van der Waals surface area contributed by atoms with Crippen molar-refractivity contribution in [3.05, 3.63) is 29.8 Å². The molecule has 1 amide bonds. The molecule has 130 valence electrons. The van der Waals surface area contributed by atoms with Gasteiger partial charge in [-0.05, 0) is 37.1 Å². The summed E-state index contributed by atoms with van der Waals surface area (Å²) in [5, 5.41) is 3.18. The zero-order valence-electron chi connectivity index (χ0n) is 14.0. The van der Waals surface area contributed by atoms with Gasteiger partial charge in [-0.15, -0.1) is 0 Å². The van der Waals surface area contributed by atoms with Crippen LogP contribution in [0, 0.1) is 5.92 Å². The average Bonchev–Trinajstić information content (AvgIpc) is 2.68. The van der Waals surface area contributed by atoms with Crippen molar-refractivity contribution in [2.45, 2.75) is 18.9 Å². The number of amides is 1. The minimum atomic E-state index is -0.382. The molecular formula is C18H24N2O4. The lowest BCUT2D eigenvalue weighted by Crippen LogP contribution is -2.51. The fourth-order valence-electron chi connectivity index (χ4n) is 3.28. The van der Waals surface area contributed by atoms with Crippen LogP contribution in [0.15, 0.2) is 24.3 Å². The summed E-state index contributed by atoms with van der Waals surface area (Å²) < 4.78 is 10.6. The van der Waals surface area contributed by atoms with Crippen molar-refractivity contribution >= 4 is 11.7 Å². The largest absolute Gasteiger partial charge is 0.497 e. The Morgan fingerprint density at radius 3 is 2.50 bits per heavy atom. The summed E-state index contributed by atoms with van der Waals surface area (Å²) in [5.41, 5.74) is 0.709. The van der Waals surface area contributed by atoms with Gasteiger partial charge in [-0.3, -0.25) is 9.59 Å². The molecule has 0 spiro atoms. The number of hydrogen-bond donors (Lipinski definition) is 1. The molecule has 2 heterocycles. The zero-order valence-corrected chi connectivity index (χ0v) is 14.0. The van der Waals surface area contributed by atoms with Crippen LogP contribution in [0.1, 0.15) is 23.2 Å². The maximum Gasteiger partial charge on any atom is 0.253 e. The van der Waals surface area contributed by atoms with Gasteiger partial charge in [0.05, 0.1) is 13.7 Å². The van der Waals surface area contributed by atoms with Crippen LogP contribution in [0.5, 0.6) is 5.75 Å². The molecule has 0 saturated carbocycles. The highest BCUT2D eigenvalue weighted by Crippen LogP contribution is 2.23. The highest BCUT2D eigenvalue weighted by molar-refractivity contribution is 5.98. The van der Waals surface area contributed by atoms with Crippen molar-refractivity contribution in [3.8, 4) is 5.75 Å². The van der Waals surface area contributed by atoms with E-state index in [1.54, 1.807) is 31.4 Å². The number of ether oxygens (including phenoxy) is 2. The molecule has 6 nitrogen and oxygen atoms in total. The van der Waals surface area contributed by atoms with E-state index in [1.807, 2.05) is 4.90 Å². The monoisotopic (exact) mass is 332 g/mol. The number of hydrogen-bond acceptors (Lipinski definition) is 5. The molecular weight excluding hydrogens is 308 g/mol. The van der Waals surface area contributed by atoms with Gasteiger partial charge < -0.3 is 19.7 Å². The summed E-state index contributed by atoms with van der Waals surface area (Å²) in [4.78, 5) is 26.9. The maximum absolute atomic E-state index is 12.6. The quantitative estimate of drug-likeness (QED) is 0.837. The van der Waals surface area contributed by atoms with Gasteiger partial charge in [-0.25, -0.2) is 0 Å². The number of piperidine rings is 1. The summed E-state index contributed by atoms with van der Waals surface area (Å²) in [6.07, 6.45) is 1.03. The molecule has 2 aliphatic rings. The lowest BCUT2D eigenvalue weighted by molar-refractivity contribution is -0.146. The number of nitrogens with zero attached hydrogens (tertiary/aromatic N) is 1. The van der Waals surface area contributed by atoms with Crippen LogP contribution in [0.2, 0.25) is 0 Å². The van der Waals surface area contributed by atoms with Crippen LogP contribution in [-0.4, -0.2) is 62.6 Å². The van der Waals surface area contributed by atoms with E-state index in [4.69, 9.17) is 9.47 Å². The first-order chi connectivity index (χ1) is 11.7. The third-order valence-corrected chi connectivity index (χ3v) is 4.76. The fourth-order valence-corrected chi connectivity index (χ4v) is 3.28. The van der Waals surface area contributed by atoms with Crippen LogP contribution in [0.4, 0.5) is 0 Å². The molecule has 24 heavy (non-hydrogen) atoms. The van der Waals surface area contributed by atoms with E-state index in [0.29, 0.717) is 44.6 Å². The van der Waals surface area contributed by atoms with Gasteiger partial charge in [0.15, 0.2) is 5.78 Å². The van der Waals surface area contributed by atoms with Gasteiger partial charge in [-0.2, -0.15) is 0 Å². The first-order valence-electron chi connectivity index (χ1n) is 8.48. The molecule has 6 heteroatoms. The van der Waals surface area contributed by atoms with Crippen molar-refractivity contribution in [2.75, 3.05) is 39.9 Å². The Kier molecular flexibility index (Phi) is 5.48. The Balaban J connectivity index is 1.54. The first kappa shape index (κ1) is 16.9. The summed E-state index contributed by atoms with van der Waals surface area (Å²) in [5.74, 6) is 0.916. The van der Waals surface area contributed by atoms with Gasteiger partial charge in [0.2, 0.25) is 0 Å². The smallest absolute Gasteiger partial charge is 0.253 e. The number of likely N-dealkylation sites (tertiary alicyclic amines) is 1. The third kappa shape index (κ3) is 3.76. The molecule has 1 unspecified atom stereocenters. The van der Waals surface area contributed by atoms with Gasteiger partial charge in [0.25, 0.3) is 5.91 Å². The van der Waals surface area contributed by atoms with Crippen molar-refractivity contribution in [1.82, 2.24) is 10.2 Å². The van der Waals surface area contributed by atoms with Crippen LogP contribution in [-0.2, 0) is 9.53 Å². The molecule has 1 N–H and O–H groups in total. The lowest BCUT2D eigenvalue weighted by Gasteiger charge is -2.34. The van der Waals surface area contributed by atoms with Gasteiger partial charge in [-0.1, -0.05) is 0 Å². The molecule has 2 aliphatic heterocycles. The number of carbonyl (C=O) groups is 2. The number of nitrogens with one attached hydrogen (secondary N) is 1. The van der Waals surface area contributed by atoms with Crippen LogP contribution < -0.4 is 10.1 Å². The highest BCUT2D eigenvalue weighted by atomic mass is 16.5. The zero-order chi connectivity index (χ0) is 16.9. The van der Waals surface area contributed by atoms with Crippen molar-refractivity contribution in [3.63, 3.8) is 0 Å².